The Labute approximate surface area is 103 Å². The molecule has 0 spiro atoms. The first-order chi connectivity index (χ1) is 6.69. The summed E-state index contributed by atoms with van der Waals surface area (Å²) in [6.07, 6.45) is 2.35. The zero-order valence-corrected chi connectivity index (χ0v) is 11.6. The van der Waals surface area contributed by atoms with Gasteiger partial charge in [0.1, 0.15) is 0 Å². The van der Waals surface area contributed by atoms with Gasteiger partial charge in [-0.3, -0.25) is 0 Å². The molecule has 0 bridgehead atoms. The number of rotatable bonds is 5. The summed E-state index contributed by atoms with van der Waals surface area (Å²) in [7, 11) is 0. The predicted octanol–water partition coefficient (Wildman–Crippen LogP) is 4.61. The third kappa shape index (κ3) is 3.23. The summed E-state index contributed by atoms with van der Waals surface area (Å²) < 4.78 is 1.04. The average Bonchev–Trinajstić information content (AvgIpc) is 2.47. The molecule has 0 saturated carbocycles. The highest BCUT2D eigenvalue weighted by atomic mass is 79.9. The first-order valence-electron chi connectivity index (χ1n) is 4.87. The van der Waals surface area contributed by atoms with Gasteiger partial charge in [0.2, 0.25) is 0 Å². The lowest BCUT2D eigenvalue weighted by Crippen LogP contribution is -2.19. The van der Waals surface area contributed by atoms with Gasteiger partial charge in [0, 0.05) is 10.9 Å². The van der Waals surface area contributed by atoms with Crippen LogP contribution in [0, 0.1) is 0 Å². The van der Waals surface area contributed by atoms with Gasteiger partial charge in [-0.05, 0) is 35.0 Å². The van der Waals surface area contributed by atoms with Crippen LogP contribution < -0.4 is 5.32 Å². The summed E-state index contributed by atoms with van der Waals surface area (Å²) in [6, 6.07) is 2.51. The highest BCUT2D eigenvalue weighted by molar-refractivity contribution is 9.11. The normalized spacial score (nSPS) is 13.1. The predicted molar refractivity (Wildman–Crippen MR) is 68.4 cm³/mol. The van der Waals surface area contributed by atoms with Crippen LogP contribution in [-0.2, 0) is 0 Å². The van der Waals surface area contributed by atoms with Crippen LogP contribution >= 0.6 is 38.9 Å². The Morgan fingerprint density at radius 3 is 2.71 bits per heavy atom. The van der Waals surface area contributed by atoms with Crippen molar-refractivity contribution in [2.45, 2.75) is 32.7 Å². The molecule has 0 amide bonds. The van der Waals surface area contributed by atoms with Crippen LogP contribution in [-0.4, -0.2) is 6.54 Å². The number of halogens is 2. The van der Waals surface area contributed by atoms with E-state index < -0.39 is 0 Å². The van der Waals surface area contributed by atoms with Crippen LogP contribution in [0.4, 0.5) is 0 Å². The molecule has 0 radical (unpaired) electrons. The molecule has 1 heterocycles. The van der Waals surface area contributed by atoms with Crippen LogP contribution in [0.3, 0.4) is 0 Å². The van der Waals surface area contributed by atoms with E-state index >= 15 is 0 Å². The fourth-order valence-corrected chi connectivity index (χ4v) is 3.27. The lowest BCUT2D eigenvalue weighted by molar-refractivity contribution is 0.516. The van der Waals surface area contributed by atoms with Crippen molar-refractivity contribution in [2.24, 2.45) is 0 Å². The lowest BCUT2D eigenvalue weighted by Gasteiger charge is -2.14. The molecule has 4 heteroatoms. The van der Waals surface area contributed by atoms with Crippen molar-refractivity contribution in [3.63, 3.8) is 0 Å². The average molecular weight is 297 g/mol. The molecular weight excluding hydrogens is 282 g/mol. The van der Waals surface area contributed by atoms with E-state index in [2.05, 4.69) is 41.2 Å². The molecule has 14 heavy (non-hydrogen) atoms. The smallest absolute Gasteiger partial charge is 0.0887 e. The van der Waals surface area contributed by atoms with Gasteiger partial charge in [0.25, 0.3) is 0 Å². The maximum Gasteiger partial charge on any atom is 0.0887 e. The number of nitrogens with one attached hydrogen (secondary N) is 1. The molecule has 0 aliphatic heterocycles. The number of hydrogen-bond acceptors (Lipinski definition) is 2. The van der Waals surface area contributed by atoms with Gasteiger partial charge in [-0.2, -0.15) is 0 Å². The van der Waals surface area contributed by atoms with Crippen LogP contribution in [0.5, 0.6) is 0 Å². The van der Waals surface area contributed by atoms with Gasteiger partial charge in [0.05, 0.1) is 8.81 Å². The van der Waals surface area contributed by atoms with E-state index in [4.69, 9.17) is 11.6 Å². The van der Waals surface area contributed by atoms with Crippen LogP contribution in [0.15, 0.2) is 9.85 Å². The van der Waals surface area contributed by atoms with E-state index in [-0.39, 0.29) is 0 Å². The highest BCUT2D eigenvalue weighted by Crippen LogP contribution is 2.36. The quantitative estimate of drug-likeness (QED) is 0.836. The molecule has 0 saturated heterocycles. The van der Waals surface area contributed by atoms with Gasteiger partial charge in [0.15, 0.2) is 0 Å². The third-order valence-electron chi connectivity index (χ3n) is 2.04. The lowest BCUT2D eigenvalue weighted by atomic mass is 10.1. The zero-order chi connectivity index (χ0) is 10.6. The van der Waals surface area contributed by atoms with Crippen molar-refractivity contribution in [2.75, 3.05) is 6.54 Å². The Bertz CT molecular complexity index is 262. The van der Waals surface area contributed by atoms with Gasteiger partial charge >= 0.3 is 0 Å². The molecule has 0 aromatic carbocycles. The van der Waals surface area contributed by atoms with Crippen LogP contribution in [0.2, 0.25) is 5.02 Å². The standard InChI is InChI=1S/C10H15BrClNS/c1-3-5-8(13-4-2)9-6-7(12)10(11)14-9/h6,8,13H,3-5H2,1-2H3. The Balaban J connectivity index is 2.76. The van der Waals surface area contributed by atoms with E-state index in [1.807, 2.05) is 0 Å². The van der Waals surface area contributed by atoms with Gasteiger partial charge in [-0.25, -0.2) is 0 Å². The Hall–Kier alpha value is 0.430. The molecule has 80 valence electrons. The molecule has 1 aromatic rings. The second-order valence-corrected chi connectivity index (χ2v) is 5.98. The number of thiophene rings is 1. The molecule has 0 fully saturated rings. The Morgan fingerprint density at radius 1 is 1.57 bits per heavy atom. The second kappa shape index (κ2) is 6.11. The largest absolute Gasteiger partial charge is 0.310 e. The fourth-order valence-electron chi connectivity index (χ4n) is 1.42. The molecule has 0 aliphatic rings. The first-order valence-corrected chi connectivity index (χ1v) is 6.85. The molecule has 1 rings (SSSR count). The van der Waals surface area contributed by atoms with E-state index in [1.165, 1.54) is 11.3 Å². The first kappa shape index (κ1) is 12.5. The highest BCUT2D eigenvalue weighted by Gasteiger charge is 2.13. The monoisotopic (exact) mass is 295 g/mol. The van der Waals surface area contributed by atoms with Crippen molar-refractivity contribution in [3.05, 3.63) is 19.8 Å². The summed E-state index contributed by atoms with van der Waals surface area (Å²) in [4.78, 5) is 1.32. The minimum Gasteiger partial charge on any atom is -0.310 e. The molecule has 1 N–H and O–H groups in total. The topological polar surface area (TPSA) is 12.0 Å². The number of hydrogen-bond donors (Lipinski definition) is 1. The molecule has 1 atom stereocenters. The van der Waals surface area contributed by atoms with Crippen molar-refractivity contribution >= 4 is 38.9 Å². The summed E-state index contributed by atoms with van der Waals surface area (Å²) in [5.41, 5.74) is 0. The summed E-state index contributed by atoms with van der Waals surface area (Å²) in [6.45, 7) is 5.33. The SMILES string of the molecule is CCCC(NCC)c1cc(Cl)c(Br)s1. The summed E-state index contributed by atoms with van der Waals surface area (Å²) >= 11 is 11.2. The summed E-state index contributed by atoms with van der Waals surface area (Å²) in [5, 5.41) is 4.29. The third-order valence-corrected chi connectivity index (χ3v) is 4.62. The fraction of sp³-hybridized carbons (Fsp3) is 0.600. The molecule has 1 unspecified atom stereocenters. The zero-order valence-electron chi connectivity index (χ0n) is 8.44. The molecule has 0 aliphatic carbocycles. The maximum absolute atomic E-state index is 6.01. The maximum atomic E-state index is 6.01. The van der Waals surface area contributed by atoms with E-state index in [0.717, 1.165) is 21.8 Å². The van der Waals surface area contributed by atoms with Crippen LogP contribution in [0.1, 0.15) is 37.6 Å². The summed E-state index contributed by atoms with van der Waals surface area (Å²) in [5.74, 6) is 0. The minimum absolute atomic E-state index is 0.457. The van der Waals surface area contributed by atoms with E-state index in [0.29, 0.717) is 6.04 Å². The Kier molecular flexibility index (Phi) is 5.45. The van der Waals surface area contributed by atoms with Crippen molar-refractivity contribution in [3.8, 4) is 0 Å². The van der Waals surface area contributed by atoms with E-state index in [1.54, 1.807) is 11.3 Å². The Morgan fingerprint density at radius 2 is 2.29 bits per heavy atom. The van der Waals surface area contributed by atoms with Crippen LogP contribution in [0.25, 0.3) is 0 Å². The van der Waals surface area contributed by atoms with Crippen molar-refractivity contribution in [1.82, 2.24) is 5.32 Å². The van der Waals surface area contributed by atoms with E-state index in [9.17, 15) is 0 Å². The van der Waals surface area contributed by atoms with Crippen molar-refractivity contribution in [1.29, 1.82) is 0 Å². The minimum atomic E-state index is 0.457. The molecule has 1 nitrogen and oxygen atoms in total. The van der Waals surface area contributed by atoms with Crippen molar-refractivity contribution < 1.29 is 0 Å². The van der Waals surface area contributed by atoms with Gasteiger partial charge in [-0.1, -0.05) is 31.9 Å². The molecular formula is C10H15BrClNS. The van der Waals surface area contributed by atoms with Gasteiger partial charge < -0.3 is 5.32 Å². The van der Waals surface area contributed by atoms with Gasteiger partial charge in [-0.15, -0.1) is 11.3 Å². The molecule has 1 aromatic heterocycles. The second-order valence-electron chi connectivity index (χ2n) is 3.17.